The van der Waals surface area contributed by atoms with Gasteiger partial charge >= 0.3 is 0 Å². The highest BCUT2D eigenvalue weighted by Gasteiger charge is 2.01. The summed E-state index contributed by atoms with van der Waals surface area (Å²) in [6, 6.07) is 7.96. The molecule has 0 saturated heterocycles. The molecule has 13 heavy (non-hydrogen) atoms. The maximum absolute atomic E-state index is 8.25. The first-order chi connectivity index (χ1) is 6.27. The molecule has 1 aromatic rings. The van der Waals surface area contributed by atoms with Crippen molar-refractivity contribution in [3.8, 4) is 0 Å². The summed E-state index contributed by atoms with van der Waals surface area (Å²) >= 11 is 1.70. The van der Waals surface area contributed by atoms with Crippen molar-refractivity contribution in [3.05, 3.63) is 40.3 Å². The molecule has 0 fully saturated rings. The van der Waals surface area contributed by atoms with Crippen molar-refractivity contribution in [1.29, 1.82) is 0 Å². The molecule has 0 aliphatic rings. The minimum Gasteiger partial charge on any atom is -0.130 e. The molecule has 0 aliphatic heterocycles. The lowest BCUT2D eigenvalue weighted by molar-refractivity contribution is 0.806. The van der Waals surface area contributed by atoms with Crippen molar-refractivity contribution in [1.82, 2.24) is 0 Å². The van der Waals surface area contributed by atoms with Gasteiger partial charge in [0.15, 0.2) is 0 Å². The van der Waals surface area contributed by atoms with E-state index in [4.69, 9.17) is 5.53 Å². The lowest BCUT2D eigenvalue weighted by Crippen LogP contribution is -1.86. The summed E-state index contributed by atoms with van der Waals surface area (Å²) in [4.78, 5) is 3.99. The first kappa shape index (κ1) is 9.96. The molecule has 4 heteroatoms. The Balaban J connectivity index is 2.85. The van der Waals surface area contributed by atoms with Gasteiger partial charge in [-0.3, -0.25) is 0 Å². The molecule has 1 rings (SSSR count). The van der Waals surface area contributed by atoms with Crippen LogP contribution < -0.4 is 0 Å². The van der Waals surface area contributed by atoms with E-state index >= 15 is 0 Å². The minimum atomic E-state index is -0.0825. The van der Waals surface area contributed by atoms with Gasteiger partial charge in [0.1, 0.15) is 0 Å². The van der Waals surface area contributed by atoms with Gasteiger partial charge in [-0.2, -0.15) is 0 Å². The number of benzene rings is 1. The first-order valence-electron chi connectivity index (χ1n) is 3.96. The molecule has 3 nitrogen and oxygen atoms in total. The van der Waals surface area contributed by atoms with Gasteiger partial charge in [-0.15, -0.1) is 11.8 Å². The van der Waals surface area contributed by atoms with E-state index in [-0.39, 0.29) is 6.04 Å². The molecular weight excluding hydrogens is 182 g/mol. The smallest absolute Gasteiger partial charge is 0.0597 e. The van der Waals surface area contributed by atoms with E-state index in [0.717, 1.165) is 5.56 Å². The quantitative estimate of drug-likeness (QED) is 0.312. The van der Waals surface area contributed by atoms with Gasteiger partial charge in [-0.1, -0.05) is 24.2 Å². The van der Waals surface area contributed by atoms with Crippen molar-refractivity contribution < 1.29 is 0 Å². The van der Waals surface area contributed by atoms with E-state index in [1.807, 2.05) is 37.4 Å². The fraction of sp³-hybridized carbons (Fsp3) is 0.333. The number of nitrogens with zero attached hydrogens (tertiary/aromatic N) is 3. The summed E-state index contributed by atoms with van der Waals surface area (Å²) in [5, 5.41) is 3.62. The lowest BCUT2D eigenvalue weighted by Gasteiger charge is -2.04. The van der Waals surface area contributed by atoms with E-state index in [0.29, 0.717) is 0 Å². The third kappa shape index (κ3) is 2.68. The second-order valence-electron chi connectivity index (χ2n) is 2.65. The number of hydrogen-bond acceptors (Lipinski definition) is 2. The van der Waals surface area contributed by atoms with Crippen LogP contribution in [0.25, 0.3) is 10.4 Å². The predicted molar refractivity (Wildman–Crippen MR) is 55.8 cm³/mol. The molecule has 1 unspecified atom stereocenters. The summed E-state index contributed by atoms with van der Waals surface area (Å²) in [5.74, 6) is 0. The van der Waals surface area contributed by atoms with Crippen LogP contribution in [0.15, 0.2) is 34.3 Å². The van der Waals surface area contributed by atoms with Gasteiger partial charge in [0.2, 0.25) is 0 Å². The Kier molecular flexibility index (Phi) is 3.68. The molecule has 0 N–H and O–H groups in total. The van der Waals surface area contributed by atoms with Crippen molar-refractivity contribution >= 4 is 11.8 Å². The number of azide groups is 1. The molecule has 1 aromatic carbocycles. The average molecular weight is 193 g/mol. The fourth-order valence-corrected chi connectivity index (χ4v) is 1.43. The van der Waals surface area contributed by atoms with Crippen LogP contribution in [-0.2, 0) is 0 Å². The van der Waals surface area contributed by atoms with Crippen LogP contribution in [0.5, 0.6) is 0 Å². The van der Waals surface area contributed by atoms with E-state index in [2.05, 4.69) is 10.0 Å². The molecule has 0 saturated carbocycles. The van der Waals surface area contributed by atoms with Gasteiger partial charge in [0.25, 0.3) is 0 Å². The summed E-state index contributed by atoms with van der Waals surface area (Å²) in [6.07, 6.45) is 2.03. The highest BCUT2D eigenvalue weighted by Crippen LogP contribution is 2.20. The van der Waals surface area contributed by atoms with Crippen molar-refractivity contribution in [2.45, 2.75) is 17.9 Å². The summed E-state index contributed by atoms with van der Waals surface area (Å²) < 4.78 is 0. The standard InChI is InChI=1S/C9H11N3S/c1-7(11-12-10)8-3-5-9(13-2)6-4-8/h3-7H,1-2H3. The zero-order valence-electron chi connectivity index (χ0n) is 7.64. The topological polar surface area (TPSA) is 48.8 Å². The Bertz CT molecular complexity index is 314. The molecule has 0 radical (unpaired) electrons. The number of thioether (sulfide) groups is 1. The SMILES string of the molecule is CSc1ccc(C(C)N=[N+]=[N-])cc1. The third-order valence-corrected chi connectivity index (χ3v) is 2.57. The van der Waals surface area contributed by atoms with Crippen molar-refractivity contribution in [2.75, 3.05) is 6.26 Å². The summed E-state index contributed by atoms with van der Waals surface area (Å²) in [5.41, 5.74) is 9.30. The molecule has 0 amide bonds. The van der Waals surface area contributed by atoms with Gasteiger partial charge in [-0.05, 0) is 29.5 Å². The molecule has 0 aromatic heterocycles. The zero-order valence-corrected chi connectivity index (χ0v) is 8.45. The molecule has 68 valence electrons. The van der Waals surface area contributed by atoms with Gasteiger partial charge < -0.3 is 0 Å². The third-order valence-electron chi connectivity index (χ3n) is 1.82. The summed E-state index contributed by atoms with van der Waals surface area (Å²) in [7, 11) is 0. The molecule has 0 spiro atoms. The number of rotatable bonds is 3. The Morgan fingerprint density at radius 3 is 2.46 bits per heavy atom. The normalized spacial score (nSPS) is 11.8. The molecular formula is C9H11N3S. The van der Waals surface area contributed by atoms with Crippen LogP contribution >= 0.6 is 11.8 Å². The Hall–Kier alpha value is -1.12. The second kappa shape index (κ2) is 4.80. The maximum atomic E-state index is 8.25. The zero-order chi connectivity index (χ0) is 9.68. The van der Waals surface area contributed by atoms with Crippen molar-refractivity contribution in [3.63, 3.8) is 0 Å². The Morgan fingerprint density at radius 2 is 2.00 bits per heavy atom. The van der Waals surface area contributed by atoms with Gasteiger partial charge in [0, 0.05) is 9.81 Å². The predicted octanol–water partition coefficient (Wildman–Crippen LogP) is 3.78. The molecule has 1 atom stereocenters. The number of hydrogen-bond donors (Lipinski definition) is 0. The van der Waals surface area contributed by atoms with Crippen LogP contribution in [-0.4, -0.2) is 6.26 Å². The fourth-order valence-electron chi connectivity index (χ4n) is 1.03. The van der Waals surface area contributed by atoms with E-state index in [9.17, 15) is 0 Å². The highest BCUT2D eigenvalue weighted by molar-refractivity contribution is 7.98. The van der Waals surface area contributed by atoms with Crippen LogP contribution in [0.3, 0.4) is 0 Å². The van der Waals surface area contributed by atoms with E-state index in [1.165, 1.54) is 4.90 Å². The van der Waals surface area contributed by atoms with Crippen LogP contribution in [0.2, 0.25) is 0 Å². The maximum Gasteiger partial charge on any atom is 0.0597 e. The van der Waals surface area contributed by atoms with Crippen LogP contribution in [0, 0.1) is 0 Å². The summed E-state index contributed by atoms with van der Waals surface area (Å²) in [6.45, 7) is 1.88. The average Bonchev–Trinajstić information content (AvgIpc) is 2.18. The van der Waals surface area contributed by atoms with Crippen LogP contribution in [0.4, 0.5) is 0 Å². The van der Waals surface area contributed by atoms with Crippen LogP contribution in [0.1, 0.15) is 18.5 Å². The highest BCUT2D eigenvalue weighted by atomic mass is 32.2. The largest absolute Gasteiger partial charge is 0.130 e. The van der Waals surface area contributed by atoms with Gasteiger partial charge in [-0.25, -0.2) is 0 Å². The lowest BCUT2D eigenvalue weighted by atomic mass is 10.1. The minimum absolute atomic E-state index is 0.0825. The van der Waals surface area contributed by atoms with E-state index in [1.54, 1.807) is 11.8 Å². The molecule has 0 heterocycles. The Labute approximate surface area is 81.8 Å². The Morgan fingerprint density at radius 1 is 1.38 bits per heavy atom. The second-order valence-corrected chi connectivity index (χ2v) is 3.53. The van der Waals surface area contributed by atoms with Gasteiger partial charge in [0.05, 0.1) is 6.04 Å². The molecule has 0 bridgehead atoms. The van der Waals surface area contributed by atoms with E-state index < -0.39 is 0 Å². The monoisotopic (exact) mass is 193 g/mol. The molecule has 0 aliphatic carbocycles. The first-order valence-corrected chi connectivity index (χ1v) is 5.18. The van der Waals surface area contributed by atoms with Crippen molar-refractivity contribution in [2.24, 2.45) is 5.11 Å².